The van der Waals surface area contributed by atoms with E-state index in [9.17, 15) is 13.2 Å². The fourth-order valence-electron chi connectivity index (χ4n) is 2.66. The molecule has 8 nitrogen and oxygen atoms in total. The fraction of sp³-hybridized carbons (Fsp3) is 0.286. The molecular formula is C21H24N4O4S. The van der Waals surface area contributed by atoms with E-state index in [1.54, 1.807) is 24.3 Å². The van der Waals surface area contributed by atoms with Crippen molar-refractivity contribution in [2.75, 3.05) is 19.4 Å². The number of rotatable bonds is 5. The molecule has 0 spiro atoms. The molecule has 0 bridgehead atoms. The molecule has 9 heteroatoms. The van der Waals surface area contributed by atoms with E-state index in [-0.39, 0.29) is 28.1 Å². The number of nitrogens with one attached hydrogen (secondary N) is 1. The topological polar surface area (TPSA) is 105 Å². The molecule has 0 unspecified atom stereocenters. The van der Waals surface area contributed by atoms with Gasteiger partial charge in [-0.05, 0) is 47.4 Å². The number of hydrogen-bond donors (Lipinski definition) is 1. The standard InChI is InChI=1S/C21H24N4O4S/c1-21(2,3)16-10-6-14(7-11-16)18(26)22-20-24-23-19(29-20)15-8-12-17(13-9-15)30(27,28)25(4)5/h6-13H,1-5H3,(H,22,24,26). The molecule has 0 fully saturated rings. The number of aromatic nitrogens is 2. The smallest absolute Gasteiger partial charge is 0.322 e. The van der Waals surface area contributed by atoms with Crippen LogP contribution in [0.25, 0.3) is 11.5 Å². The molecule has 1 aromatic heterocycles. The van der Waals surface area contributed by atoms with E-state index in [0.717, 1.165) is 9.87 Å². The molecular weight excluding hydrogens is 404 g/mol. The second-order valence-corrected chi connectivity index (χ2v) is 10.2. The molecule has 2 aromatic carbocycles. The van der Waals surface area contributed by atoms with Crippen LogP contribution < -0.4 is 5.32 Å². The third kappa shape index (κ3) is 4.58. The summed E-state index contributed by atoms with van der Waals surface area (Å²) in [5.41, 5.74) is 2.13. The van der Waals surface area contributed by atoms with Crippen molar-refractivity contribution in [1.29, 1.82) is 0 Å². The summed E-state index contributed by atoms with van der Waals surface area (Å²) in [6.07, 6.45) is 0. The van der Waals surface area contributed by atoms with Gasteiger partial charge in [0.25, 0.3) is 5.91 Å². The first-order valence-electron chi connectivity index (χ1n) is 9.27. The quantitative estimate of drug-likeness (QED) is 0.666. The highest BCUT2D eigenvalue weighted by Crippen LogP contribution is 2.24. The van der Waals surface area contributed by atoms with Crippen molar-refractivity contribution >= 4 is 21.9 Å². The van der Waals surface area contributed by atoms with E-state index in [1.807, 2.05) is 12.1 Å². The average Bonchev–Trinajstić information content (AvgIpc) is 3.16. The summed E-state index contributed by atoms with van der Waals surface area (Å²) < 4.78 is 30.9. The highest BCUT2D eigenvalue weighted by Gasteiger charge is 2.19. The lowest BCUT2D eigenvalue weighted by Gasteiger charge is -2.18. The molecule has 0 saturated carbocycles. The van der Waals surface area contributed by atoms with Gasteiger partial charge >= 0.3 is 6.01 Å². The zero-order chi connectivity index (χ0) is 22.1. The van der Waals surface area contributed by atoms with E-state index < -0.39 is 10.0 Å². The molecule has 0 saturated heterocycles. The first-order chi connectivity index (χ1) is 14.0. The Balaban J connectivity index is 1.73. The first kappa shape index (κ1) is 21.7. The third-order valence-corrected chi connectivity index (χ3v) is 6.37. The molecule has 158 valence electrons. The highest BCUT2D eigenvalue weighted by atomic mass is 32.2. The number of carbonyl (C=O) groups is 1. The number of sulfonamides is 1. The summed E-state index contributed by atoms with van der Waals surface area (Å²) in [7, 11) is -0.590. The minimum atomic E-state index is -3.52. The van der Waals surface area contributed by atoms with Crippen LogP contribution in [-0.2, 0) is 15.4 Å². The van der Waals surface area contributed by atoms with Crippen LogP contribution in [0.4, 0.5) is 6.01 Å². The van der Waals surface area contributed by atoms with Gasteiger partial charge in [-0.1, -0.05) is 38.0 Å². The highest BCUT2D eigenvalue weighted by molar-refractivity contribution is 7.89. The van der Waals surface area contributed by atoms with Gasteiger partial charge in [0.2, 0.25) is 15.9 Å². The van der Waals surface area contributed by atoms with Gasteiger partial charge < -0.3 is 4.42 Å². The molecule has 30 heavy (non-hydrogen) atoms. The summed E-state index contributed by atoms with van der Waals surface area (Å²) in [4.78, 5) is 12.6. The molecule has 1 amide bonds. The molecule has 3 rings (SSSR count). The summed E-state index contributed by atoms with van der Waals surface area (Å²) in [6, 6.07) is 13.3. The van der Waals surface area contributed by atoms with E-state index >= 15 is 0 Å². The average molecular weight is 429 g/mol. The van der Waals surface area contributed by atoms with Crippen LogP contribution in [0, 0.1) is 0 Å². The van der Waals surface area contributed by atoms with Gasteiger partial charge in [-0.15, -0.1) is 5.10 Å². The number of nitrogens with zero attached hydrogens (tertiary/aromatic N) is 3. The van der Waals surface area contributed by atoms with Crippen LogP contribution in [-0.4, -0.2) is 42.9 Å². The number of carbonyl (C=O) groups excluding carboxylic acids is 1. The SMILES string of the molecule is CN(C)S(=O)(=O)c1ccc(-c2nnc(NC(=O)c3ccc(C(C)(C)C)cc3)o2)cc1. The minimum absolute atomic E-state index is 0.00216. The van der Waals surface area contributed by atoms with E-state index in [2.05, 4.69) is 36.3 Å². The van der Waals surface area contributed by atoms with Crippen molar-refractivity contribution < 1.29 is 17.6 Å². The Kier molecular flexibility index (Phi) is 5.78. The minimum Gasteiger partial charge on any atom is -0.403 e. The molecule has 0 radical (unpaired) electrons. The van der Waals surface area contributed by atoms with Crippen LogP contribution in [0.15, 0.2) is 57.8 Å². The Hall–Kier alpha value is -3.04. The van der Waals surface area contributed by atoms with E-state index in [1.165, 1.54) is 26.2 Å². The van der Waals surface area contributed by atoms with Gasteiger partial charge in [0, 0.05) is 25.2 Å². The summed E-state index contributed by atoms with van der Waals surface area (Å²) in [6.45, 7) is 6.31. The summed E-state index contributed by atoms with van der Waals surface area (Å²) >= 11 is 0. The maximum Gasteiger partial charge on any atom is 0.322 e. The molecule has 1 heterocycles. The predicted molar refractivity (Wildman–Crippen MR) is 114 cm³/mol. The van der Waals surface area contributed by atoms with Gasteiger partial charge in [0.15, 0.2) is 0 Å². The molecule has 0 atom stereocenters. The van der Waals surface area contributed by atoms with E-state index in [0.29, 0.717) is 11.1 Å². The second kappa shape index (κ2) is 8.00. The Morgan fingerprint density at radius 1 is 0.967 bits per heavy atom. The van der Waals surface area contributed by atoms with Gasteiger partial charge in [-0.25, -0.2) is 12.7 Å². The maximum absolute atomic E-state index is 12.4. The van der Waals surface area contributed by atoms with Crippen LogP contribution in [0.1, 0.15) is 36.7 Å². The van der Waals surface area contributed by atoms with Crippen LogP contribution in [0.2, 0.25) is 0 Å². The predicted octanol–water partition coefficient (Wildman–Crippen LogP) is 3.54. The van der Waals surface area contributed by atoms with Crippen molar-refractivity contribution in [2.24, 2.45) is 0 Å². The number of hydrogen-bond acceptors (Lipinski definition) is 6. The lowest BCUT2D eigenvalue weighted by molar-refractivity contribution is 0.102. The normalized spacial score (nSPS) is 12.2. The van der Waals surface area contributed by atoms with Crippen LogP contribution in [0.3, 0.4) is 0 Å². The third-order valence-electron chi connectivity index (χ3n) is 4.54. The van der Waals surface area contributed by atoms with Crippen LogP contribution in [0.5, 0.6) is 0 Å². The molecule has 0 aliphatic carbocycles. The van der Waals surface area contributed by atoms with Crippen LogP contribution >= 0.6 is 0 Å². The molecule has 3 aromatic rings. The number of anilines is 1. The van der Waals surface area contributed by atoms with Gasteiger partial charge in [-0.2, -0.15) is 0 Å². The second-order valence-electron chi connectivity index (χ2n) is 8.01. The largest absolute Gasteiger partial charge is 0.403 e. The number of amides is 1. The molecule has 0 aliphatic rings. The van der Waals surface area contributed by atoms with Gasteiger partial charge in [0.05, 0.1) is 4.90 Å². The van der Waals surface area contributed by atoms with Crippen molar-refractivity contribution in [3.05, 3.63) is 59.7 Å². The Morgan fingerprint density at radius 3 is 2.10 bits per heavy atom. The summed E-state index contributed by atoms with van der Waals surface area (Å²) in [5.74, 6) is -0.194. The monoisotopic (exact) mass is 428 g/mol. The lowest BCUT2D eigenvalue weighted by Crippen LogP contribution is -2.22. The maximum atomic E-state index is 12.4. The Morgan fingerprint density at radius 2 is 1.57 bits per heavy atom. The Bertz CT molecular complexity index is 1140. The van der Waals surface area contributed by atoms with Crippen molar-refractivity contribution in [3.63, 3.8) is 0 Å². The summed E-state index contributed by atoms with van der Waals surface area (Å²) in [5, 5.41) is 10.3. The van der Waals surface area contributed by atoms with Crippen molar-refractivity contribution in [2.45, 2.75) is 31.1 Å². The molecule has 1 N–H and O–H groups in total. The zero-order valence-electron chi connectivity index (χ0n) is 17.5. The zero-order valence-corrected chi connectivity index (χ0v) is 18.3. The van der Waals surface area contributed by atoms with Gasteiger partial charge in [-0.3, -0.25) is 10.1 Å². The fourth-order valence-corrected chi connectivity index (χ4v) is 3.56. The Labute approximate surface area is 176 Å². The first-order valence-corrected chi connectivity index (χ1v) is 10.7. The number of benzene rings is 2. The van der Waals surface area contributed by atoms with Crippen molar-refractivity contribution in [3.8, 4) is 11.5 Å². The van der Waals surface area contributed by atoms with Gasteiger partial charge in [0.1, 0.15) is 0 Å². The van der Waals surface area contributed by atoms with Crippen molar-refractivity contribution in [1.82, 2.24) is 14.5 Å². The van der Waals surface area contributed by atoms with E-state index in [4.69, 9.17) is 4.42 Å². The lowest BCUT2D eigenvalue weighted by atomic mass is 9.87. The molecule has 0 aliphatic heterocycles.